The van der Waals surface area contributed by atoms with Gasteiger partial charge in [-0.3, -0.25) is 10.3 Å². The second kappa shape index (κ2) is 5.10. The first-order valence-corrected chi connectivity index (χ1v) is 5.87. The van der Waals surface area contributed by atoms with E-state index < -0.39 is 0 Å². The van der Waals surface area contributed by atoms with Gasteiger partial charge in [0.25, 0.3) is 11.7 Å². The van der Waals surface area contributed by atoms with E-state index in [0.717, 1.165) is 11.5 Å². The van der Waals surface area contributed by atoms with Crippen LogP contribution in [0.4, 0.5) is 5.95 Å². The first-order valence-electron chi connectivity index (χ1n) is 5.87. The molecular weight excluding hydrogens is 260 g/mol. The van der Waals surface area contributed by atoms with Crippen molar-refractivity contribution in [1.29, 1.82) is 0 Å². The summed E-state index contributed by atoms with van der Waals surface area (Å²) in [7, 11) is 1.49. The second-order valence-corrected chi connectivity index (χ2v) is 3.94. The SMILES string of the molecule is CON/C=N/c1nc2nccc(-c3ccc(C)o3)n2n1. The first kappa shape index (κ1) is 12.3. The van der Waals surface area contributed by atoms with Crippen molar-refractivity contribution in [3.8, 4) is 11.5 Å². The second-order valence-electron chi connectivity index (χ2n) is 3.94. The van der Waals surface area contributed by atoms with Gasteiger partial charge in [0.1, 0.15) is 17.8 Å². The van der Waals surface area contributed by atoms with Crippen LogP contribution in [0, 0.1) is 6.92 Å². The van der Waals surface area contributed by atoms with Gasteiger partial charge in [-0.2, -0.15) is 14.5 Å². The highest BCUT2D eigenvalue weighted by molar-refractivity contribution is 5.59. The summed E-state index contributed by atoms with van der Waals surface area (Å²) in [5, 5.41) is 4.26. The quantitative estimate of drug-likeness (QED) is 0.440. The van der Waals surface area contributed by atoms with Crippen LogP contribution in [-0.4, -0.2) is 33.0 Å². The van der Waals surface area contributed by atoms with Crippen LogP contribution in [0.3, 0.4) is 0 Å². The normalized spacial score (nSPS) is 11.5. The molecule has 0 aliphatic rings. The molecule has 0 amide bonds. The van der Waals surface area contributed by atoms with Crippen molar-refractivity contribution in [3.63, 3.8) is 0 Å². The molecular formula is C12H12N6O2. The molecule has 0 saturated carbocycles. The standard InChI is InChI=1S/C12H12N6O2/c1-8-3-4-10(20-8)9-5-6-13-12-16-11(17-18(9)12)14-7-15-19-2/h3-7H,1-2H3,(H,14,15,17). The molecule has 0 radical (unpaired) electrons. The summed E-state index contributed by atoms with van der Waals surface area (Å²) in [4.78, 5) is 17.0. The van der Waals surface area contributed by atoms with Crippen molar-refractivity contribution in [2.24, 2.45) is 4.99 Å². The zero-order chi connectivity index (χ0) is 13.9. The largest absolute Gasteiger partial charge is 0.460 e. The topological polar surface area (TPSA) is 89.8 Å². The molecule has 8 nitrogen and oxygen atoms in total. The Bertz CT molecular complexity index is 760. The molecule has 0 aliphatic heterocycles. The van der Waals surface area contributed by atoms with E-state index in [4.69, 9.17) is 4.42 Å². The van der Waals surface area contributed by atoms with Gasteiger partial charge in [-0.05, 0) is 25.1 Å². The van der Waals surface area contributed by atoms with E-state index in [1.165, 1.54) is 13.4 Å². The van der Waals surface area contributed by atoms with Crippen LogP contribution >= 0.6 is 0 Å². The number of hydrogen-bond donors (Lipinski definition) is 1. The fraction of sp³-hybridized carbons (Fsp3) is 0.167. The third-order valence-electron chi connectivity index (χ3n) is 2.57. The van der Waals surface area contributed by atoms with Gasteiger partial charge in [0.15, 0.2) is 5.76 Å². The lowest BCUT2D eigenvalue weighted by Crippen LogP contribution is -2.07. The van der Waals surface area contributed by atoms with E-state index in [2.05, 4.69) is 30.4 Å². The van der Waals surface area contributed by atoms with Gasteiger partial charge in [-0.1, -0.05) is 0 Å². The molecule has 0 aromatic carbocycles. The maximum absolute atomic E-state index is 5.60. The average Bonchev–Trinajstić information content (AvgIpc) is 3.04. The van der Waals surface area contributed by atoms with Gasteiger partial charge in [-0.15, -0.1) is 5.10 Å². The zero-order valence-electron chi connectivity index (χ0n) is 10.9. The number of aliphatic imine (C=N–C) groups is 1. The Morgan fingerprint density at radius 3 is 3.05 bits per heavy atom. The maximum Gasteiger partial charge on any atom is 0.272 e. The van der Waals surface area contributed by atoms with Crippen molar-refractivity contribution in [1.82, 2.24) is 25.1 Å². The Labute approximate surface area is 114 Å². The van der Waals surface area contributed by atoms with Gasteiger partial charge in [0, 0.05) is 6.20 Å². The smallest absolute Gasteiger partial charge is 0.272 e. The van der Waals surface area contributed by atoms with E-state index in [9.17, 15) is 0 Å². The molecule has 0 aliphatic carbocycles. The highest BCUT2D eigenvalue weighted by Crippen LogP contribution is 2.22. The first-order chi connectivity index (χ1) is 9.78. The molecule has 3 rings (SSSR count). The Kier molecular flexibility index (Phi) is 3.13. The monoisotopic (exact) mass is 272 g/mol. The number of hydroxylamine groups is 1. The van der Waals surface area contributed by atoms with Crippen molar-refractivity contribution >= 4 is 18.1 Å². The molecule has 3 aromatic heterocycles. The van der Waals surface area contributed by atoms with Crippen molar-refractivity contribution in [2.45, 2.75) is 6.92 Å². The predicted molar refractivity (Wildman–Crippen MR) is 71.5 cm³/mol. The fourth-order valence-corrected chi connectivity index (χ4v) is 1.73. The van der Waals surface area contributed by atoms with E-state index in [0.29, 0.717) is 11.5 Å². The van der Waals surface area contributed by atoms with Gasteiger partial charge in [0.05, 0.1) is 7.11 Å². The minimum absolute atomic E-state index is 0.276. The third-order valence-corrected chi connectivity index (χ3v) is 2.57. The lowest BCUT2D eigenvalue weighted by atomic mass is 10.3. The van der Waals surface area contributed by atoms with Gasteiger partial charge in [-0.25, -0.2) is 4.98 Å². The van der Waals surface area contributed by atoms with E-state index in [1.54, 1.807) is 16.8 Å². The Morgan fingerprint density at radius 1 is 1.40 bits per heavy atom. The van der Waals surface area contributed by atoms with E-state index >= 15 is 0 Å². The number of aryl methyl sites for hydroxylation is 1. The van der Waals surface area contributed by atoms with Crippen LogP contribution in [0.1, 0.15) is 5.76 Å². The summed E-state index contributed by atoms with van der Waals surface area (Å²) in [6.07, 6.45) is 3.00. The minimum atomic E-state index is 0.276. The van der Waals surface area contributed by atoms with Crippen LogP contribution < -0.4 is 5.48 Å². The molecule has 0 saturated heterocycles. The highest BCUT2D eigenvalue weighted by atomic mass is 16.6. The molecule has 102 valence electrons. The number of fused-ring (bicyclic) bond motifs is 1. The van der Waals surface area contributed by atoms with E-state index in [1.807, 2.05) is 19.1 Å². The summed E-state index contributed by atoms with van der Waals surface area (Å²) in [6.45, 7) is 1.88. The molecule has 0 unspecified atom stereocenters. The van der Waals surface area contributed by atoms with E-state index in [-0.39, 0.29) is 5.95 Å². The van der Waals surface area contributed by atoms with Crippen molar-refractivity contribution in [3.05, 3.63) is 30.2 Å². The Morgan fingerprint density at radius 2 is 2.30 bits per heavy atom. The van der Waals surface area contributed by atoms with Crippen LogP contribution in [0.5, 0.6) is 0 Å². The number of furan rings is 1. The summed E-state index contributed by atoms with van der Waals surface area (Å²) in [6, 6.07) is 5.57. The Hall–Kier alpha value is -2.74. The minimum Gasteiger partial charge on any atom is -0.460 e. The van der Waals surface area contributed by atoms with Crippen LogP contribution in [-0.2, 0) is 4.84 Å². The maximum atomic E-state index is 5.60. The number of aromatic nitrogens is 4. The summed E-state index contributed by atoms with van der Waals surface area (Å²) >= 11 is 0. The Balaban J connectivity index is 2.05. The molecule has 0 spiro atoms. The van der Waals surface area contributed by atoms with Crippen LogP contribution in [0.2, 0.25) is 0 Å². The molecule has 20 heavy (non-hydrogen) atoms. The van der Waals surface area contributed by atoms with Gasteiger partial charge in [0.2, 0.25) is 0 Å². The number of nitrogens with zero attached hydrogens (tertiary/aromatic N) is 5. The molecule has 3 heterocycles. The summed E-state index contributed by atoms with van der Waals surface area (Å²) in [5.41, 5.74) is 3.23. The highest BCUT2D eigenvalue weighted by Gasteiger charge is 2.11. The average molecular weight is 272 g/mol. The lowest BCUT2D eigenvalue weighted by molar-refractivity contribution is 0.148. The van der Waals surface area contributed by atoms with Crippen molar-refractivity contribution < 1.29 is 9.25 Å². The molecule has 1 N–H and O–H groups in total. The molecule has 3 aromatic rings. The van der Waals surface area contributed by atoms with Crippen LogP contribution in [0.25, 0.3) is 17.2 Å². The predicted octanol–water partition coefficient (Wildman–Crippen LogP) is 1.50. The number of hydrogen-bond acceptors (Lipinski definition) is 6. The molecule has 0 bridgehead atoms. The lowest BCUT2D eigenvalue weighted by Gasteiger charge is -1.98. The summed E-state index contributed by atoms with van der Waals surface area (Å²) in [5.74, 6) is 2.25. The number of nitrogens with one attached hydrogen (secondary N) is 1. The zero-order valence-corrected chi connectivity index (χ0v) is 10.9. The summed E-state index contributed by atoms with van der Waals surface area (Å²) < 4.78 is 7.18. The van der Waals surface area contributed by atoms with Crippen molar-refractivity contribution in [2.75, 3.05) is 7.11 Å². The third kappa shape index (κ3) is 2.24. The molecule has 0 fully saturated rings. The number of rotatable bonds is 4. The van der Waals surface area contributed by atoms with Gasteiger partial charge < -0.3 is 4.42 Å². The molecule has 0 atom stereocenters. The van der Waals surface area contributed by atoms with Crippen LogP contribution in [0.15, 0.2) is 33.8 Å². The van der Waals surface area contributed by atoms with Gasteiger partial charge >= 0.3 is 0 Å². The molecule has 8 heteroatoms. The fourth-order valence-electron chi connectivity index (χ4n) is 1.73.